The lowest BCUT2D eigenvalue weighted by Gasteiger charge is -2.13. The summed E-state index contributed by atoms with van der Waals surface area (Å²) in [5.41, 5.74) is 1.68. The molecule has 2 amide bonds. The highest BCUT2D eigenvalue weighted by Crippen LogP contribution is 2.29. The van der Waals surface area contributed by atoms with Gasteiger partial charge in [0.2, 0.25) is 5.91 Å². The molecule has 1 atom stereocenters. The van der Waals surface area contributed by atoms with Gasteiger partial charge in [-0.15, -0.1) is 11.8 Å². The van der Waals surface area contributed by atoms with Crippen molar-refractivity contribution >= 4 is 46.6 Å². The molecule has 0 spiro atoms. The summed E-state index contributed by atoms with van der Waals surface area (Å²) in [5, 5.41) is 5.87. The second kappa shape index (κ2) is 9.26. The number of amides is 2. The van der Waals surface area contributed by atoms with Crippen LogP contribution in [0.5, 0.6) is 0 Å². The molecule has 1 unspecified atom stereocenters. The van der Waals surface area contributed by atoms with Gasteiger partial charge in [0.15, 0.2) is 0 Å². The van der Waals surface area contributed by atoms with Crippen LogP contribution in [0.25, 0.3) is 0 Å². The summed E-state index contributed by atoms with van der Waals surface area (Å²) in [6.45, 7) is 2.25. The molecular weight excluding hydrogens is 384 g/mol. The average molecular weight is 405 g/mol. The lowest BCUT2D eigenvalue weighted by Crippen LogP contribution is -2.14. The van der Waals surface area contributed by atoms with Crippen LogP contribution in [0.1, 0.15) is 30.1 Å². The van der Waals surface area contributed by atoms with Gasteiger partial charge in [-0.05, 0) is 43.2 Å². The fourth-order valence-corrected chi connectivity index (χ4v) is 4.17. The van der Waals surface area contributed by atoms with Crippen molar-refractivity contribution in [2.24, 2.45) is 0 Å². The van der Waals surface area contributed by atoms with Crippen molar-refractivity contribution in [3.8, 4) is 0 Å². The number of rotatable bonds is 6. The molecule has 0 bridgehead atoms. The molecule has 1 fully saturated rings. The summed E-state index contributed by atoms with van der Waals surface area (Å²) in [5.74, 6) is 0.427. The molecule has 7 heteroatoms. The van der Waals surface area contributed by atoms with Crippen LogP contribution >= 0.6 is 23.4 Å². The minimum absolute atomic E-state index is 0.181. The van der Waals surface area contributed by atoms with E-state index in [1.807, 2.05) is 18.2 Å². The van der Waals surface area contributed by atoms with E-state index in [-0.39, 0.29) is 17.9 Å². The monoisotopic (exact) mass is 404 g/mol. The summed E-state index contributed by atoms with van der Waals surface area (Å²) in [4.78, 5) is 24.8. The molecule has 2 N–H and O–H groups in total. The molecule has 27 heavy (non-hydrogen) atoms. The Hall–Kier alpha value is -2.02. The summed E-state index contributed by atoms with van der Waals surface area (Å²) in [7, 11) is 0. The van der Waals surface area contributed by atoms with Gasteiger partial charge in [0.1, 0.15) is 0 Å². The summed E-state index contributed by atoms with van der Waals surface area (Å²) < 4.78 is 5.66. The maximum Gasteiger partial charge on any atom is 0.256 e. The van der Waals surface area contributed by atoms with Crippen molar-refractivity contribution in [2.75, 3.05) is 23.0 Å². The van der Waals surface area contributed by atoms with Gasteiger partial charge < -0.3 is 15.4 Å². The number of hydrogen-bond donors (Lipinski definition) is 2. The number of anilines is 2. The van der Waals surface area contributed by atoms with Crippen molar-refractivity contribution in [1.29, 1.82) is 0 Å². The molecule has 1 aliphatic heterocycles. The minimum atomic E-state index is -0.223. The lowest BCUT2D eigenvalue weighted by atomic mass is 10.2. The van der Waals surface area contributed by atoms with Crippen LogP contribution in [0.3, 0.4) is 0 Å². The molecule has 142 valence electrons. The lowest BCUT2D eigenvalue weighted by molar-refractivity contribution is -0.114. The molecule has 1 saturated heterocycles. The number of ether oxygens (including phenoxy) is 1. The molecule has 0 aliphatic carbocycles. The van der Waals surface area contributed by atoms with E-state index in [1.54, 1.807) is 36.0 Å². The number of thioether (sulfide) groups is 1. The Balaban J connectivity index is 1.69. The number of benzene rings is 2. The van der Waals surface area contributed by atoms with Gasteiger partial charge in [-0.1, -0.05) is 23.7 Å². The first-order valence-corrected chi connectivity index (χ1v) is 10.1. The Morgan fingerprint density at radius 2 is 2.04 bits per heavy atom. The second-order valence-electron chi connectivity index (χ2n) is 6.27. The van der Waals surface area contributed by atoms with Crippen molar-refractivity contribution < 1.29 is 14.3 Å². The largest absolute Gasteiger partial charge is 0.377 e. The highest BCUT2D eigenvalue weighted by Gasteiger charge is 2.18. The Morgan fingerprint density at radius 3 is 2.74 bits per heavy atom. The third kappa shape index (κ3) is 5.48. The predicted molar refractivity (Wildman–Crippen MR) is 110 cm³/mol. The molecule has 0 saturated carbocycles. The second-order valence-corrected chi connectivity index (χ2v) is 7.74. The van der Waals surface area contributed by atoms with Crippen LogP contribution in [-0.4, -0.2) is 30.3 Å². The zero-order valence-corrected chi connectivity index (χ0v) is 16.5. The number of hydrogen-bond acceptors (Lipinski definition) is 4. The van der Waals surface area contributed by atoms with Gasteiger partial charge in [-0.25, -0.2) is 0 Å². The zero-order valence-electron chi connectivity index (χ0n) is 15.0. The van der Waals surface area contributed by atoms with Crippen molar-refractivity contribution in [1.82, 2.24) is 0 Å². The summed E-state index contributed by atoms with van der Waals surface area (Å²) >= 11 is 7.87. The highest BCUT2D eigenvalue weighted by molar-refractivity contribution is 7.99. The van der Waals surface area contributed by atoms with E-state index in [2.05, 4.69) is 10.6 Å². The maximum absolute atomic E-state index is 12.8. The third-order valence-corrected chi connectivity index (χ3v) is 5.64. The van der Waals surface area contributed by atoms with E-state index in [0.717, 1.165) is 30.1 Å². The van der Waals surface area contributed by atoms with Crippen LogP contribution < -0.4 is 10.6 Å². The summed E-state index contributed by atoms with van der Waals surface area (Å²) in [6.07, 6.45) is 2.42. The van der Waals surface area contributed by atoms with Gasteiger partial charge in [-0.3, -0.25) is 9.59 Å². The van der Waals surface area contributed by atoms with E-state index in [9.17, 15) is 9.59 Å². The average Bonchev–Trinajstić information content (AvgIpc) is 3.15. The molecule has 1 heterocycles. The van der Waals surface area contributed by atoms with Crippen molar-refractivity contribution in [3.05, 3.63) is 53.1 Å². The first kappa shape index (κ1) is 19.7. The van der Waals surface area contributed by atoms with Crippen molar-refractivity contribution in [2.45, 2.75) is 30.8 Å². The van der Waals surface area contributed by atoms with Gasteiger partial charge in [0.25, 0.3) is 5.91 Å². The minimum Gasteiger partial charge on any atom is -0.377 e. The zero-order chi connectivity index (χ0) is 19.2. The first-order valence-electron chi connectivity index (χ1n) is 8.75. The van der Waals surface area contributed by atoms with E-state index >= 15 is 0 Å². The predicted octanol–water partition coefficient (Wildman–Crippen LogP) is 4.82. The molecular formula is C20H21ClN2O3S. The van der Waals surface area contributed by atoms with Gasteiger partial charge in [0.05, 0.1) is 22.4 Å². The molecule has 2 aromatic carbocycles. The standard InChI is InChI=1S/C20H21ClN2O3S/c1-13(24)22-14-8-9-18(17(21)11-14)23-20(25)16-6-2-3-7-19(16)27-12-15-5-4-10-26-15/h2-3,6-9,11,15H,4-5,10,12H2,1H3,(H,22,24)(H,23,25). The molecule has 5 nitrogen and oxygen atoms in total. The summed E-state index contributed by atoms with van der Waals surface area (Å²) in [6, 6.07) is 12.5. The fourth-order valence-electron chi connectivity index (χ4n) is 2.83. The number of halogens is 1. The number of carbonyl (C=O) groups is 2. The Morgan fingerprint density at radius 1 is 1.22 bits per heavy atom. The Kier molecular flexibility index (Phi) is 6.77. The van der Waals surface area contributed by atoms with E-state index < -0.39 is 0 Å². The number of nitrogens with one attached hydrogen (secondary N) is 2. The molecule has 1 aliphatic rings. The van der Waals surface area contributed by atoms with Crippen LogP contribution in [0.4, 0.5) is 11.4 Å². The molecule has 2 aromatic rings. The van der Waals surface area contributed by atoms with Crippen molar-refractivity contribution in [3.63, 3.8) is 0 Å². The quantitative estimate of drug-likeness (QED) is 0.677. The van der Waals surface area contributed by atoms with E-state index in [1.165, 1.54) is 6.92 Å². The Bertz CT molecular complexity index is 838. The topological polar surface area (TPSA) is 67.4 Å². The third-order valence-electron chi connectivity index (χ3n) is 4.12. The molecule has 0 aromatic heterocycles. The highest BCUT2D eigenvalue weighted by atomic mass is 35.5. The number of carbonyl (C=O) groups excluding carboxylic acids is 2. The smallest absolute Gasteiger partial charge is 0.256 e. The van der Waals surface area contributed by atoms with Crippen LogP contribution in [-0.2, 0) is 9.53 Å². The van der Waals surface area contributed by atoms with Crippen LogP contribution in [0.15, 0.2) is 47.4 Å². The van der Waals surface area contributed by atoms with E-state index in [4.69, 9.17) is 16.3 Å². The first-order chi connectivity index (χ1) is 13.0. The fraction of sp³-hybridized carbons (Fsp3) is 0.300. The maximum atomic E-state index is 12.8. The van der Waals surface area contributed by atoms with Gasteiger partial charge in [0, 0.05) is 29.9 Å². The molecule has 0 radical (unpaired) electrons. The molecule has 3 rings (SSSR count). The van der Waals surface area contributed by atoms with Gasteiger partial charge in [-0.2, -0.15) is 0 Å². The Labute approximate surface area is 167 Å². The van der Waals surface area contributed by atoms with Gasteiger partial charge >= 0.3 is 0 Å². The van der Waals surface area contributed by atoms with Crippen LogP contribution in [0.2, 0.25) is 5.02 Å². The van der Waals surface area contributed by atoms with Crippen LogP contribution in [0, 0.1) is 0 Å². The SMILES string of the molecule is CC(=O)Nc1ccc(NC(=O)c2ccccc2SCC2CCCO2)c(Cl)c1. The van der Waals surface area contributed by atoms with E-state index in [0.29, 0.717) is 22.0 Å². The normalized spacial score (nSPS) is 16.1.